The number of hydrogen-bond donors (Lipinski definition) is 0. The van der Waals surface area contributed by atoms with E-state index in [4.69, 9.17) is 4.74 Å². The summed E-state index contributed by atoms with van der Waals surface area (Å²) >= 11 is 0. The van der Waals surface area contributed by atoms with Crippen molar-refractivity contribution in [3.63, 3.8) is 0 Å². The molecule has 0 spiro atoms. The van der Waals surface area contributed by atoms with Crippen LogP contribution in [0.2, 0.25) is 0 Å². The van der Waals surface area contributed by atoms with Crippen LogP contribution >= 0.6 is 0 Å². The van der Waals surface area contributed by atoms with E-state index in [1.165, 1.54) is 89.9 Å². The van der Waals surface area contributed by atoms with Crippen molar-refractivity contribution in [3.05, 3.63) is 0 Å². The quantitative estimate of drug-likeness (QED) is 0.326. The first-order chi connectivity index (χ1) is 13.2. The van der Waals surface area contributed by atoms with Gasteiger partial charge in [-0.05, 0) is 69.6 Å². The topological polar surface area (TPSA) is 33.0 Å². The van der Waals surface area contributed by atoms with Gasteiger partial charge in [0.25, 0.3) is 0 Å². The van der Waals surface area contributed by atoms with E-state index in [2.05, 4.69) is 19.9 Å². The van der Waals surface area contributed by atoms with Gasteiger partial charge >= 0.3 is 0 Å². The lowest BCUT2D eigenvalue weighted by atomic mass is 9.69. The molecule has 0 saturated heterocycles. The average Bonchev–Trinajstić information content (AvgIpc) is 2.72. The highest BCUT2D eigenvalue weighted by Gasteiger charge is 2.35. The molecule has 0 heterocycles. The normalized spacial score (nSPS) is 31.5. The molecule has 2 nitrogen and oxygen atoms in total. The van der Waals surface area contributed by atoms with E-state index in [-0.39, 0.29) is 5.41 Å². The number of nitriles is 1. The summed E-state index contributed by atoms with van der Waals surface area (Å²) < 4.78 is 6.33. The van der Waals surface area contributed by atoms with E-state index in [1.807, 2.05) is 0 Å². The minimum atomic E-state index is -0.0122. The van der Waals surface area contributed by atoms with Gasteiger partial charge < -0.3 is 4.74 Å². The monoisotopic (exact) mass is 375 g/mol. The first-order valence-corrected chi connectivity index (χ1v) is 12.2. The molecule has 2 rings (SSSR count). The minimum Gasteiger partial charge on any atom is -0.378 e. The van der Waals surface area contributed by atoms with Crippen molar-refractivity contribution in [2.45, 2.75) is 129 Å². The Morgan fingerprint density at radius 1 is 0.815 bits per heavy atom. The lowest BCUT2D eigenvalue weighted by molar-refractivity contribution is -0.0134. The van der Waals surface area contributed by atoms with Crippen molar-refractivity contribution in [1.82, 2.24) is 0 Å². The van der Waals surface area contributed by atoms with E-state index in [9.17, 15) is 5.26 Å². The van der Waals surface area contributed by atoms with E-state index in [0.717, 1.165) is 31.8 Å². The zero-order valence-electron chi connectivity index (χ0n) is 18.3. The molecule has 0 aromatic carbocycles. The van der Waals surface area contributed by atoms with Crippen LogP contribution in [-0.2, 0) is 4.74 Å². The summed E-state index contributed by atoms with van der Waals surface area (Å²) in [6.07, 6.45) is 22.5. The van der Waals surface area contributed by atoms with Crippen LogP contribution < -0.4 is 0 Å². The van der Waals surface area contributed by atoms with Gasteiger partial charge in [0.15, 0.2) is 0 Å². The molecule has 0 atom stereocenters. The van der Waals surface area contributed by atoms with Crippen LogP contribution in [0, 0.1) is 28.6 Å². The molecule has 0 amide bonds. The molecule has 2 fully saturated rings. The van der Waals surface area contributed by atoms with Gasteiger partial charge in [-0.15, -0.1) is 0 Å². The van der Waals surface area contributed by atoms with Gasteiger partial charge in [-0.3, -0.25) is 0 Å². The Kier molecular flexibility index (Phi) is 10.8. The fraction of sp³-hybridized carbons (Fsp3) is 0.960. The Labute approximate surface area is 169 Å². The van der Waals surface area contributed by atoms with Crippen molar-refractivity contribution in [2.24, 2.45) is 17.3 Å². The summed E-state index contributed by atoms with van der Waals surface area (Å²) in [6, 6.07) is 2.67. The van der Waals surface area contributed by atoms with Crippen LogP contribution in [0.25, 0.3) is 0 Å². The van der Waals surface area contributed by atoms with Crippen LogP contribution in [-0.4, -0.2) is 12.7 Å². The Morgan fingerprint density at radius 3 is 2.11 bits per heavy atom. The summed E-state index contributed by atoms with van der Waals surface area (Å²) in [5.74, 6) is 1.67. The molecule has 27 heavy (non-hydrogen) atoms. The molecular weight excluding hydrogens is 330 g/mol. The van der Waals surface area contributed by atoms with E-state index < -0.39 is 0 Å². The molecule has 0 N–H and O–H groups in total. The van der Waals surface area contributed by atoms with Crippen molar-refractivity contribution < 1.29 is 4.74 Å². The molecule has 0 aliphatic heterocycles. The van der Waals surface area contributed by atoms with Gasteiger partial charge in [0.1, 0.15) is 0 Å². The van der Waals surface area contributed by atoms with Crippen molar-refractivity contribution in [1.29, 1.82) is 5.26 Å². The summed E-state index contributed by atoms with van der Waals surface area (Å²) in [4.78, 5) is 0. The molecule has 2 heteroatoms. The third-order valence-electron chi connectivity index (χ3n) is 7.39. The maximum absolute atomic E-state index is 9.64. The highest BCUT2D eigenvalue weighted by atomic mass is 16.5. The second kappa shape index (κ2) is 12.8. The van der Waals surface area contributed by atoms with E-state index in [0.29, 0.717) is 12.0 Å². The van der Waals surface area contributed by atoms with Crippen molar-refractivity contribution in [2.75, 3.05) is 6.61 Å². The lowest BCUT2D eigenvalue weighted by Crippen LogP contribution is -2.30. The van der Waals surface area contributed by atoms with E-state index in [1.54, 1.807) is 0 Å². The van der Waals surface area contributed by atoms with Crippen LogP contribution in [0.3, 0.4) is 0 Å². The first kappa shape index (κ1) is 22.7. The molecule has 0 aromatic heterocycles. The number of ether oxygens (including phenoxy) is 1. The lowest BCUT2D eigenvalue weighted by Gasteiger charge is -2.36. The zero-order chi connectivity index (χ0) is 19.4. The van der Waals surface area contributed by atoms with Crippen LogP contribution in [0.5, 0.6) is 0 Å². The van der Waals surface area contributed by atoms with Crippen molar-refractivity contribution in [3.8, 4) is 6.07 Å². The standard InChI is InChI=1S/C25H45NO/c1-3-5-7-8-9-10-22-11-13-24(14-12-22)27-20-23-15-18-25(21-26,19-16-23)17-6-4-2/h22-24H,3-20H2,1-2H3. The van der Waals surface area contributed by atoms with Gasteiger partial charge in [-0.2, -0.15) is 5.26 Å². The van der Waals surface area contributed by atoms with Crippen LogP contribution in [0.4, 0.5) is 0 Å². The zero-order valence-corrected chi connectivity index (χ0v) is 18.3. The molecule has 0 radical (unpaired) electrons. The number of unbranched alkanes of at least 4 members (excludes halogenated alkanes) is 5. The second-order valence-electron chi connectivity index (χ2n) is 9.62. The van der Waals surface area contributed by atoms with Gasteiger partial charge in [-0.25, -0.2) is 0 Å². The second-order valence-corrected chi connectivity index (χ2v) is 9.62. The Hall–Kier alpha value is -0.550. The third-order valence-corrected chi connectivity index (χ3v) is 7.39. The third kappa shape index (κ3) is 8.15. The molecule has 156 valence electrons. The van der Waals surface area contributed by atoms with E-state index >= 15 is 0 Å². The molecule has 2 aliphatic rings. The number of nitrogens with zero attached hydrogens (tertiary/aromatic N) is 1. The highest BCUT2D eigenvalue weighted by molar-refractivity contribution is 5.01. The maximum Gasteiger partial charge on any atom is 0.0689 e. The molecule has 0 bridgehead atoms. The van der Waals surface area contributed by atoms with Gasteiger partial charge in [0.2, 0.25) is 0 Å². The summed E-state index contributed by atoms with van der Waals surface area (Å²) in [6.45, 7) is 5.47. The van der Waals surface area contributed by atoms with Gasteiger partial charge in [-0.1, -0.05) is 65.2 Å². The predicted octanol–water partition coefficient (Wildman–Crippen LogP) is 7.81. The fourth-order valence-corrected chi connectivity index (χ4v) is 5.23. The molecule has 2 saturated carbocycles. The summed E-state index contributed by atoms with van der Waals surface area (Å²) in [7, 11) is 0. The fourth-order valence-electron chi connectivity index (χ4n) is 5.23. The molecule has 2 aliphatic carbocycles. The highest BCUT2D eigenvalue weighted by Crippen LogP contribution is 2.42. The Morgan fingerprint density at radius 2 is 1.48 bits per heavy atom. The molecular formula is C25H45NO. The van der Waals surface area contributed by atoms with Crippen molar-refractivity contribution >= 4 is 0 Å². The Balaban J connectivity index is 1.55. The molecule has 0 unspecified atom stereocenters. The first-order valence-electron chi connectivity index (χ1n) is 12.2. The number of hydrogen-bond acceptors (Lipinski definition) is 2. The van der Waals surface area contributed by atoms with Crippen LogP contribution in [0.1, 0.15) is 123 Å². The Bertz CT molecular complexity index is 411. The SMILES string of the molecule is CCCCCCCC1CCC(OCC2CCC(C#N)(CCCC)CC2)CC1. The molecule has 0 aromatic rings. The largest absolute Gasteiger partial charge is 0.378 e. The van der Waals surface area contributed by atoms with Gasteiger partial charge in [0.05, 0.1) is 17.6 Å². The summed E-state index contributed by atoms with van der Waals surface area (Å²) in [5.41, 5.74) is -0.0122. The predicted molar refractivity (Wildman–Crippen MR) is 115 cm³/mol. The van der Waals surface area contributed by atoms with Gasteiger partial charge in [0, 0.05) is 6.61 Å². The number of rotatable bonds is 12. The smallest absolute Gasteiger partial charge is 0.0689 e. The summed E-state index contributed by atoms with van der Waals surface area (Å²) in [5, 5.41) is 9.64. The minimum absolute atomic E-state index is 0.0122. The van der Waals surface area contributed by atoms with Crippen LogP contribution in [0.15, 0.2) is 0 Å². The maximum atomic E-state index is 9.64. The average molecular weight is 376 g/mol.